The predicted octanol–water partition coefficient (Wildman–Crippen LogP) is 6.75. The standard InChI is InChI=1S/C31H35BrN4/c1-34(2)19-20-36(23-24-11-5-3-6-12-24)30(25-13-7-4-8-14-25)28-22-26-21-27(32)15-16-29(26)33-31(28)35-17-9-10-18-35/h3-8,11-16,21-22,30H,9-10,17-20,23H2,1-2H3. The number of aromatic nitrogens is 1. The molecule has 4 aromatic rings. The molecule has 1 atom stereocenters. The van der Waals surface area contributed by atoms with E-state index >= 15 is 0 Å². The van der Waals surface area contributed by atoms with E-state index < -0.39 is 0 Å². The fraction of sp³-hybridized carbons (Fsp3) is 0.323. The lowest BCUT2D eigenvalue weighted by molar-refractivity contribution is 0.194. The van der Waals surface area contributed by atoms with Crippen molar-refractivity contribution in [1.29, 1.82) is 0 Å². The quantitative estimate of drug-likeness (QED) is 0.233. The number of halogens is 1. The maximum absolute atomic E-state index is 5.30. The average molecular weight is 544 g/mol. The van der Waals surface area contributed by atoms with E-state index in [1.807, 2.05) is 0 Å². The first-order valence-electron chi connectivity index (χ1n) is 12.9. The minimum Gasteiger partial charge on any atom is -0.356 e. The number of hydrogen-bond acceptors (Lipinski definition) is 4. The van der Waals surface area contributed by atoms with Crippen LogP contribution in [-0.4, -0.2) is 55.1 Å². The Bertz CT molecular complexity index is 1270. The number of anilines is 1. The Morgan fingerprint density at radius 1 is 0.861 bits per heavy atom. The van der Waals surface area contributed by atoms with Gasteiger partial charge in [0, 0.05) is 48.1 Å². The van der Waals surface area contributed by atoms with Crippen molar-refractivity contribution in [2.75, 3.05) is 45.2 Å². The summed E-state index contributed by atoms with van der Waals surface area (Å²) in [5.41, 5.74) is 4.99. The molecule has 0 spiro atoms. The Morgan fingerprint density at radius 3 is 2.25 bits per heavy atom. The van der Waals surface area contributed by atoms with E-state index in [1.54, 1.807) is 0 Å². The van der Waals surface area contributed by atoms with Crippen LogP contribution < -0.4 is 4.90 Å². The zero-order valence-electron chi connectivity index (χ0n) is 21.3. The lowest BCUT2D eigenvalue weighted by Gasteiger charge is -2.35. The van der Waals surface area contributed by atoms with Gasteiger partial charge in [-0.15, -0.1) is 0 Å². The molecule has 5 rings (SSSR count). The number of likely N-dealkylation sites (N-methyl/N-ethyl adjacent to an activating group) is 1. The van der Waals surface area contributed by atoms with E-state index in [-0.39, 0.29) is 6.04 Å². The summed E-state index contributed by atoms with van der Waals surface area (Å²) in [6.45, 7) is 4.96. The molecule has 0 saturated carbocycles. The van der Waals surface area contributed by atoms with Crippen molar-refractivity contribution in [3.8, 4) is 0 Å². The van der Waals surface area contributed by atoms with Gasteiger partial charge < -0.3 is 9.80 Å². The van der Waals surface area contributed by atoms with Crippen molar-refractivity contribution < 1.29 is 0 Å². The van der Waals surface area contributed by atoms with Crippen LogP contribution in [-0.2, 0) is 6.54 Å². The molecule has 2 heterocycles. The lowest BCUT2D eigenvalue weighted by atomic mass is 9.95. The van der Waals surface area contributed by atoms with Gasteiger partial charge in [0.25, 0.3) is 0 Å². The monoisotopic (exact) mass is 542 g/mol. The second kappa shape index (κ2) is 11.5. The molecule has 1 aromatic heterocycles. The summed E-state index contributed by atoms with van der Waals surface area (Å²) >= 11 is 3.68. The molecule has 3 aromatic carbocycles. The molecule has 0 radical (unpaired) electrons. The first kappa shape index (κ1) is 24.9. The van der Waals surface area contributed by atoms with Crippen LogP contribution in [0.2, 0.25) is 0 Å². The fourth-order valence-electron chi connectivity index (χ4n) is 5.21. The summed E-state index contributed by atoms with van der Waals surface area (Å²) in [7, 11) is 4.31. The SMILES string of the molecule is CN(C)CCN(Cc1ccccc1)C(c1ccccc1)c1cc2cc(Br)ccc2nc1N1CCCC1. The maximum atomic E-state index is 5.30. The first-order chi connectivity index (χ1) is 17.6. The highest BCUT2D eigenvalue weighted by Crippen LogP contribution is 2.38. The van der Waals surface area contributed by atoms with Gasteiger partial charge in [-0.3, -0.25) is 4.90 Å². The molecule has 1 fully saturated rings. The smallest absolute Gasteiger partial charge is 0.134 e. The maximum Gasteiger partial charge on any atom is 0.134 e. The van der Waals surface area contributed by atoms with Gasteiger partial charge in [-0.25, -0.2) is 4.98 Å². The summed E-state index contributed by atoms with van der Waals surface area (Å²) in [6, 6.07) is 30.8. The molecule has 0 N–H and O–H groups in total. The van der Waals surface area contributed by atoms with Gasteiger partial charge in [0.1, 0.15) is 5.82 Å². The van der Waals surface area contributed by atoms with E-state index in [0.717, 1.165) is 48.5 Å². The van der Waals surface area contributed by atoms with Crippen molar-refractivity contribution in [2.24, 2.45) is 0 Å². The van der Waals surface area contributed by atoms with Crippen LogP contribution in [0.5, 0.6) is 0 Å². The molecule has 186 valence electrons. The highest BCUT2D eigenvalue weighted by Gasteiger charge is 2.29. The van der Waals surface area contributed by atoms with Gasteiger partial charge in [-0.2, -0.15) is 0 Å². The zero-order valence-corrected chi connectivity index (χ0v) is 22.9. The zero-order chi connectivity index (χ0) is 24.9. The van der Waals surface area contributed by atoms with Gasteiger partial charge in [-0.1, -0.05) is 76.6 Å². The predicted molar refractivity (Wildman–Crippen MR) is 155 cm³/mol. The van der Waals surface area contributed by atoms with E-state index in [2.05, 4.69) is 130 Å². The Labute approximate surface area is 223 Å². The summed E-state index contributed by atoms with van der Waals surface area (Å²) in [4.78, 5) is 12.7. The second-order valence-corrected chi connectivity index (χ2v) is 10.9. The van der Waals surface area contributed by atoms with E-state index in [1.165, 1.54) is 34.9 Å². The molecule has 0 aliphatic carbocycles. The molecule has 36 heavy (non-hydrogen) atoms. The first-order valence-corrected chi connectivity index (χ1v) is 13.7. The third-order valence-corrected chi connectivity index (χ3v) is 7.52. The Kier molecular flexibility index (Phi) is 8.00. The van der Waals surface area contributed by atoms with Crippen LogP contribution >= 0.6 is 15.9 Å². The third-order valence-electron chi connectivity index (χ3n) is 7.03. The molecule has 1 aliphatic rings. The Morgan fingerprint density at radius 2 is 1.56 bits per heavy atom. The van der Waals surface area contributed by atoms with Crippen LogP contribution in [0, 0.1) is 0 Å². The minimum absolute atomic E-state index is 0.0952. The average Bonchev–Trinajstić information content (AvgIpc) is 3.43. The topological polar surface area (TPSA) is 22.6 Å². The summed E-state index contributed by atoms with van der Waals surface area (Å²) < 4.78 is 1.08. The van der Waals surface area contributed by atoms with Crippen LogP contribution in [0.3, 0.4) is 0 Å². The van der Waals surface area contributed by atoms with Gasteiger partial charge in [0.2, 0.25) is 0 Å². The normalized spacial score (nSPS) is 14.8. The number of benzene rings is 3. The Balaban J connectivity index is 1.69. The van der Waals surface area contributed by atoms with Crippen molar-refractivity contribution in [3.63, 3.8) is 0 Å². The van der Waals surface area contributed by atoms with Gasteiger partial charge in [0.15, 0.2) is 0 Å². The number of pyridine rings is 1. The molecule has 1 unspecified atom stereocenters. The number of hydrogen-bond donors (Lipinski definition) is 0. The molecule has 5 heteroatoms. The van der Waals surface area contributed by atoms with E-state index in [9.17, 15) is 0 Å². The van der Waals surface area contributed by atoms with Crippen LogP contribution in [0.25, 0.3) is 10.9 Å². The third kappa shape index (κ3) is 5.80. The molecule has 1 saturated heterocycles. The molecule has 1 aliphatic heterocycles. The molecule has 0 amide bonds. The molecule has 4 nitrogen and oxygen atoms in total. The van der Waals surface area contributed by atoms with Gasteiger partial charge in [-0.05, 0) is 62.3 Å². The van der Waals surface area contributed by atoms with Crippen LogP contribution in [0.4, 0.5) is 5.82 Å². The summed E-state index contributed by atoms with van der Waals surface area (Å²) in [5, 5.41) is 1.18. The fourth-order valence-corrected chi connectivity index (χ4v) is 5.58. The minimum atomic E-state index is 0.0952. The molecular weight excluding hydrogens is 508 g/mol. The van der Waals surface area contributed by atoms with Gasteiger partial charge in [0.05, 0.1) is 11.6 Å². The van der Waals surface area contributed by atoms with E-state index in [4.69, 9.17) is 4.98 Å². The number of nitrogens with zero attached hydrogens (tertiary/aromatic N) is 4. The number of rotatable bonds is 9. The highest BCUT2D eigenvalue weighted by molar-refractivity contribution is 9.10. The van der Waals surface area contributed by atoms with Gasteiger partial charge >= 0.3 is 0 Å². The van der Waals surface area contributed by atoms with Crippen molar-refractivity contribution >= 4 is 32.7 Å². The second-order valence-electron chi connectivity index (χ2n) is 10.0. The Hall–Kier alpha value is -2.73. The van der Waals surface area contributed by atoms with Crippen molar-refractivity contribution in [2.45, 2.75) is 25.4 Å². The highest BCUT2D eigenvalue weighted by atomic mass is 79.9. The molecular formula is C31H35BrN4. The van der Waals surface area contributed by atoms with Crippen LogP contribution in [0.1, 0.15) is 35.6 Å². The molecule has 0 bridgehead atoms. The summed E-state index contributed by atoms with van der Waals surface area (Å²) in [5.74, 6) is 1.14. The largest absolute Gasteiger partial charge is 0.356 e. The lowest BCUT2D eigenvalue weighted by Crippen LogP contribution is -2.36. The van der Waals surface area contributed by atoms with Crippen LogP contribution in [0.15, 0.2) is 89.4 Å². The number of fused-ring (bicyclic) bond motifs is 1. The van der Waals surface area contributed by atoms with Crippen molar-refractivity contribution in [1.82, 2.24) is 14.8 Å². The van der Waals surface area contributed by atoms with Crippen molar-refractivity contribution in [3.05, 3.63) is 106 Å². The van der Waals surface area contributed by atoms with E-state index in [0.29, 0.717) is 0 Å². The summed E-state index contributed by atoms with van der Waals surface area (Å²) in [6.07, 6.45) is 2.45.